The van der Waals surface area contributed by atoms with Gasteiger partial charge in [0.2, 0.25) is 5.91 Å². The summed E-state index contributed by atoms with van der Waals surface area (Å²) in [6.45, 7) is 3.84. The van der Waals surface area contributed by atoms with Crippen molar-refractivity contribution in [1.82, 2.24) is 9.97 Å². The van der Waals surface area contributed by atoms with Crippen LogP contribution in [-0.4, -0.2) is 15.9 Å². The van der Waals surface area contributed by atoms with Crippen molar-refractivity contribution < 1.29 is 4.79 Å². The van der Waals surface area contributed by atoms with E-state index in [0.717, 1.165) is 28.9 Å². The van der Waals surface area contributed by atoms with E-state index in [4.69, 9.17) is 5.73 Å². The van der Waals surface area contributed by atoms with E-state index in [0.29, 0.717) is 5.56 Å². The average molecular weight is 241 g/mol. The molecular formula is C14H15N3O. The van der Waals surface area contributed by atoms with E-state index in [1.807, 2.05) is 26.0 Å². The third-order valence-corrected chi connectivity index (χ3v) is 2.89. The molecule has 0 radical (unpaired) electrons. The molecule has 2 aromatic rings. The molecule has 0 aliphatic heterocycles. The molecule has 0 fully saturated rings. The van der Waals surface area contributed by atoms with Crippen LogP contribution in [0.4, 0.5) is 0 Å². The van der Waals surface area contributed by atoms with Crippen molar-refractivity contribution in [3.63, 3.8) is 0 Å². The number of hydrogen-bond donors (Lipinski definition) is 1. The first kappa shape index (κ1) is 12.2. The van der Waals surface area contributed by atoms with Crippen LogP contribution < -0.4 is 5.73 Å². The van der Waals surface area contributed by atoms with E-state index < -0.39 is 5.91 Å². The number of rotatable bonds is 3. The lowest BCUT2D eigenvalue weighted by Crippen LogP contribution is -2.14. The molecule has 1 heterocycles. The molecule has 1 amide bonds. The Kier molecular flexibility index (Phi) is 3.37. The average Bonchev–Trinajstić information content (AvgIpc) is 2.38. The van der Waals surface area contributed by atoms with Gasteiger partial charge in [-0.05, 0) is 30.5 Å². The lowest BCUT2D eigenvalue weighted by molar-refractivity contribution is 0.0999. The maximum atomic E-state index is 11.4. The lowest BCUT2D eigenvalue weighted by Gasteiger charge is -2.11. The fourth-order valence-corrected chi connectivity index (χ4v) is 2.00. The zero-order valence-corrected chi connectivity index (χ0v) is 10.5. The maximum Gasteiger partial charge on any atom is 0.248 e. The SMILES string of the molecule is CCc1c(C(N)=O)cccc1-c1cnc(C)nc1. The fourth-order valence-electron chi connectivity index (χ4n) is 2.00. The van der Waals surface area contributed by atoms with Gasteiger partial charge in [-0.1, -0.05) is 19.1 Å². The van der Waals surface area contributed by atoms with E-state index >= 15 is 0 Å². The minimum absolute atomic E-state index is 0.401. The van der Waals surface area contributed by atoms with Crippen molar-refractivity contribution in [3.05, 3.63) is 47.5 Å². The summed E-state index contributed by atoms with van der Waals surface area (Å²) in [5.41, 5.74) is 8.77. The minimum Gasteiger partial charge on any atom is -0.366 e. The van der Waals surface area contributed by atoms with Crippen LogP contribution in [0.5, 0.6) is 0 Å². The van der Waals surface area contributed by atoms with E-state index in [9.17, 15) is 4.79 Å². The van der Waals surface area contributed by atoms with Crippen molar-refractivity contribution in [3.8, 4) is 11.1 Å². The highest BCUT2D eigenvalue weighted by Crippen LogP contribution is 2.25. The molecular weight excluding hydrogens is 226 g/mol. The number of carbonyl (C=O) groups excluding carboxylic acids is 1. The Morgan fingerprint density at radius 2 is 1.94 bits per heavy atom. The van der Waals surface area contributed by atoms with Gasteiger partial charge in [-0.25, -0.2) is 9.97 Å². The first-order valence-corrected chi connectivity index (χ1v) is 5.84. The number of aryl methyl sites for hydroxylation is 1. The normalized spacial score (nSPS) is 10.3. The number of primary amides is 1. The van der Waals surface area contributed by atoms with Crippen LogP contribution in [0.1, 0.15) is 28.7 Å². The Hall–Kier alpha value is -2.23. The highest BCUT2D eigenvalue weighted by atomic mass is 16.1. The second kappa shape index (κ2) is 4.96. The van der Waals surface area contributed by atoms with Gasteiger partial charge in [-0.15, -0.1) is 0 Å². The molecule has 0 aliphatic carbocycles. The van der Waals surface area contributed by atoms with Crippen LogP contribution in [0.3, 0.4) is 0 Å². The first-order chi connectivity index (χ1) is 8.63. The van der Waals surface area contributed by atoms with Gasteiger partial charge in [0.15, 0.2) is 0 Å². The number of nitrogens with two attached hydrogens (primary N) is 1. The molecule has 18 heavy (non-hydrogen) atoms. The zero-order chi connectivity index (χ0) is 13.1. The number of nitrogens with zero attached hydrogens (tertiary/aromatic N) is 2. The Morgan fingerprint density at radius 1 is 1.28 bits per heavy atom. The highest BCUT2D eigenvalue weighted by molar-refractivity contribution is 5.96. The van der Waals surface area contributed by atoms with Gasteiger partial charge >= 0.3 is 0 Å². The number of hydrogen-bond acceptors (Lipinski definition) is 3. The van der Waals surface area contributed by atoms with Gasteiger partial charge in [0, 0.05) is 23.5 Å². The van der Waals surface area contributed by atoms with Crippen LogP contribution in [0, 0.1) is 6.92 Å². The quantitative estimate of drug-likeness (QED) is 0.894. The molecule has 0 atom stereocenters. The smallest absolute Gasteiger partial charge is 0.248 e. The van der Waals surface area contributed by atoms with Crippen LogP contribution in [0.2, 0.25) is 0 Å². The highest BCUT2D eigenvalue weighted by Gasteiger charge is 2.12. The molecule has 0 saturated heterocycles. The third kappa shape index (κ3) is 2.22. The lowest BCUT2D eigenvalue weighted by atomic mass is 9.95. The summed E-state index contributed by atoms with van der Waals surface area (Å²) < 4.78 is 0. The predicted molar refractivity (Wildman–Crippen MR) is 70.1 cm³/mol. The summed E-state index contributed by atoms with van der Waals surface area (Å²) in [4.78, 5) is 19.8. The summed E-state index contributed by atoms with van der Waals surface area (Å²) in [7, 11) is 0. The van der Waals surface area contributed by atoms with Gasteiger partial charge in [-0.3, -0.25) is 4.79 Å². The summed E-state index contributed by atoms with van der Waals surface area (Å²) in [5, 5.41) is 0. The molecule has 2 N–H and O–H groups in total. The van der Waals surface area contributed by atoms with Crippen molar-refractivity contribution in [2.24, 2.45) is 5.73 Å². The van der Waals surface area contributed by atoms with Gasteiger partial charge < -0.3 is 5.73 Å². The topological polar surface area (TPSA) is 68.9 Å². The summed E-state index contributed by atoms with van der Waals surface area (Å²) >= 11 is 0. The Bertz CT molecular complexity index is 576. The molecule has 0 spiro atoms. The van der Waals surface area contributed by atoms with E-state index in [2.05, 4.69) is 9.97 Å². The zero-order valence-electron chi connectivity index (χ0n) is 10.5. The Morgan fingerprint density at radius 3 is 2.50 bits per heavy atom. The minimum atomic E-state index is -0.401. The Labute approximate surface area is 106 Å². The molecule has 0 aliphatic rings. The second-order valence-corrected chi connectivity index (χ2v) is 4.07. The van der Waals surface area contributed by atoms with Crippen LogP contribution >= 0.6 is 0 Å². The standard InChI is InChI=1S/C14H15N3O/c1-3-11-12(5-4-6-13(11)14(15)18)10-7-16-9(2)17-8-10/h4-8H,3H2,1-2H3,(H2,15,18). The summed E-state index contributed by atoms with van der Waals surface area (Å²) in [6, 6.07) is 5.54. The number of amides is 1. The molecule has 4 heteroatoms. The molecule has 92 valence electrons. The molecule has 4 nitrogen and oxygen atoms in total. The second-order valence-electron chi connectivity index (χ2n) is 4.07. The number of carbonyl (C=O) groups is 1. The van der Waals surface area contributed by atoms with Crippen LogP contribution in [-0.2, 0) is 6.42 Å². The first-order valence-electron chi connectivity index (χ1n) is 5.84. The molecule has 1 aromatic heterocycles. The van der Waals surface area contributed by atoms with Crippen LogP contribution in [0.25, 0.3) is 11.1 Å². The number of aromatic nitrogens is 2. The van der Waals surface area contributed by atoms with Crippen molar-refractivity contribution in [2.45, 2.75) is 20.3 Å². The van der Waals surface area contributed by atoms with Gasteiger partial charge in [-0.2, -0.15) is 0 Å². The molecule has 0 bridgehead atoms. The third-order valence-electron chi connectivity index (χ3n) is 2.89. The van der Waals surface area contributed by atoms with E-state index in [-0.39, 0.29) is 0 Å². The molecule has 0 unspecified atom stereocenters. The largest absolute Gasteiger partial charge is 0.366 e. The Balaban J connectivity index is 2.60. The molecule has 1 aromatic carbocycles. The molecule has 0 saturated carbocycles. The predicted octanol–water partition coefficient (Wildman–Crippen LogP) is 2.11. The van der Waals surface area contributed by atoms with Crippen LogP contribution in [0.15, 0.2) is 30.6 Å². The van der Waals surface area contributed by atoms with Gasteiger partial charge in [0.05, 0.1) is 0 Å². The summed E-state index contributed by atoms with van der Waals surface area (Å²) in [6.07, 6.45) is 4.27. The van der Waals surface area contributed by atoms with E-state index in [1.54, 1.807) is 18.5 Å². The van der Waals surface area contributed by atoms with Crippen molar-refractivity contribution >= 4 is 5.91 Å². The van der Waals surface area contributed by atoms with Gasteiger partial charge in [0.25, 0.3) is 0 Å². The van der Waals surface area contributed by atoms with Gasteiger partial charge in [0.1, 0.15) is 5.82 Å². The van der Waals surface area contributed by atoms with Crippen molar-refractivity contribution in [2.75, 3.05) is 0 Å². The van der Waals surface area contributed by atoms with E-state index in [1.165, 1.54) is 0 Å². The molecule has 2 rings (SSSR count). The number of benzene rings is 1. The maximum absolute atomic E-state index is 11.4. The fraction of sp³-hybridized carbons (Fsp3) is 0.214. The monoisotopic (exact) mass is 241 g/mol. The summed E-state index contributed by atoms with van der Waals surface area (Å²) in [5.74, 6) is 0.324. The van der Waals surface area contributed by atoms with Crippen molar-refractivity contribution in [1.29, 1.82) is 0 Å².